The van der Waals surface area contributed by atoms with Crippen molar-refractivity contribution in [1.29, 1.82) is 0 Å². The minimum atomic E-state index is 0. The van der Waals surface area contributed by atoms with E-state index in [-0.39, 0.29) is 5.48 Å². The molecule has 0 amide bonds. The molecule has 0 spiro atoms. The molecule has 0 aromatic heterocycles. The van der Waals surface area contributed by atoms with E-state index in [0.29, 0.717) is 13.2 Å². The summed E-state index contributed by atoms with van der Waals surface area (Å²) in [6, 6.07) is 0. The Morgan fingerprint density at radius 3 is 1.30 bits per heavy atom. The molecule has 0 aliphatic heterocycles. The Balaban J connectivity index is -0.0000000910. The minimum absolute atomic E-state index is 0. The zero-order valence-electron chi connectivity index (χ0n) is 6.93. The van der Waals surface area contributed by atoms with Crippen LogP contribution in [0.2, 0.25) is 0 Å². The van der Waals surface area contributed by atoms with Crippen LogP contribution in [0.5, 0.6) is 0 Å². The summed E-state index contributed by atoms with van der Waals surface area (Å²) in [5.74, 6) is 0. The van der Waals surface area contributed by atoms with Crippen LogP contribution in [-0.2, 0) is 0 Å². The standard InChI is InChI=1S/C4H10O.C3H8O.H2O/c1-2-3-4-5;1-2-3-4;/h5H,2-4H2,1H3;4H,2-3H2,1H3;1H2. The highest BCUT2D eigenvalue weighted by Crippen LogP contribution is 1.78. The van der Waals surface area contributed by atoms with Gasteiger partial charge in [-0.15, -0.1) is 0 Å². The van der Waals surface area contributed by atoms with Gasteiger partial charge >= 0.3 is 0 Å². The van der Waals surface area contributed by atoms with Gasteiger partial charge in [-0.2, -0.15) is 0 Å². The summed E-state index contributed by atoms with van der Waals surface area (Å²) in [7, 11) is 0. The number of aliphatic hydroxyl groups excluding tert-OH is 2. The molecular formula is C7H20O3. The predicted molar refractivity (Wildman–Crippen MR) is 43.0 cm³/mol. The molecule has 0 aliphatic carbocycles. The molecule has 0 atom stereocenters. The van der Waals surface area contributed by atoms with Gasteiger partial charge in [0.25, 0.3) is 0 Å². The molecule has 0 aliphatic rings. The smallest absolute Gasteiger partial charge is 0.0430 e. The lowest BCUT2D eigenvalue weighted by Crippen LogP contribution is -1.75. The summed E-state index contributed by atoms with van der Waals surface area (Å²) in [6.07, 6.45) is 2.91. The second-order valence-corrected chi connectivity index (χ2v) is 1.80. The zero-order chi connectivity index (χ0) is 7.54. The first-order chi connectivity index (χ1) is 4.33. The van der Waals surface area contributed by atoms with Crippen molar-refractivity contribution in [2.24, 2.45) is 0 Å². The van der Waals surface area contributed by atoms with Crippen molar-refractivity contribution >= 4 is 0 Å². The molecule has 0 rings (SSSR count). The first kappa shape index (κ1) is 16.5. The van der Waals surface area contributed by atoms with Gasteiger partial charge in [-0.1, -0.05) is 20.3 Å². The fraction of sp³-hybridized carbons (Fsp3) is 1.00. The molecule has 4 N–H and O–H groups in total. The molecule has 0 saturated carbocycles. The van der Waals surface area contributed by atoms with Crippen molar-refractivity contribution < 1.29 is 15.7 Å². The summed E-state index contributed by atoms with van der Waals surface area (Å²) in [6.45, 7) is 4.65. The van der Waals surface area contributed by atoms with E-state index in [9.17, 15) is 0 Å². The molecule has 10 heavy (non-hydrogen) atoms. The van der Waals surface area contributed by atoms with Crippen LogP contribution in [0.3, 0.4) is 0 Å². The lowest BCUT2D eigenvalue weighted by atomic mass is 10.4. The highest BCUT2D eigenvalue weighted by molar-refractivity contribution is 4.23. The van der Waals surface area contributed by atoms with Gasteiger partial charge in [0.15, 0.2) is 0 Å². The summed E-state index contributed by atoms with van der Waals surface area (Å²) < 4.78 is 0. The molecule has 0 saturated heterocycles. The van der Waals surface area contributed by atoms with Crippen molar-refractivity contribution in [2.45, 2.75) is 33.1 Å². The first-order valence-electron chi connectivity index (χ1n) is 3.55. The van der Waals surface area contributed by atoms with E-state index in [1.165, 1.54) is 0 Å². The molecule has 0 unspecified atom stereocenters. The molecule has 66 valence electrons. The topological polar surface area (TPSA) is 72.0 Å². The molecule has 0 fully saturated rings. The van der Waals surface area contributed by atoms with Gasteiger partial charge in [0.2, 0.25) is 0 Å². The van der Waals surface area contributed by atoms with Crippen molar-refractivity contribution in [3.05, 3.63) is 0 Å². The largest absolute Gasteiger partial charge is 0.412 e. The van der Waals surface area contributed by atoms with E-state index in [1.54, 1.807) is 0 Å². The Labute approximate surface area is 63.0 Å². The van der Waals surface area contributed by atoms with Crippen molar-refractivity contribution in [3.8, 4) is 0 Å². The first-order valence-corrected chi connectivity index (χ1v) is 3.55. The predicted octanol–water partition coefficient (Wildman–Crippen LogP) is 0.343. The number of unbranched alkanes of at least 4 members (excludes halogenated alkanes) is 1. The maximum atomic E-state index is 8.07. The summed E-state index contributed by atoms with van der Waals surface area (Å²) >= 11 is 0. The molecule has 0 heterocycles. The second kappa shape index (κ2) is 23.2. The third-order valence-electron chi connectivity index (χ3n) is 0.735. The number of hydrogen-bond donors (Lipinski definition) is 2. The SMILES string of the molecule is CCCCO.CCCO.O. The minimum Gasteiger partial charge on any atom is -0.412 e. The second-order valence-electron chi connectivity index (χ2n) is 1.80. The quantitative estimate of drug-likeness (QED) is 0.612. The van der Waals surface area contributed by atoms with Crippen molar-refractivity contribution in [3.63, 3.8) is 0 Å². The van der Waals surface area contributed by atoms with E-state index in [0.717, 1.165) is 19.3 Å². The van der Waals surface area contributed by atoms with Crippen LogP contribution < -0.4 is 0 Å². The fourth-order valence-corrected chi connectivity index (χ4v) is 0.158. The lowest BCUT2D eigenvalue weighted by molar-refractivity contribution is 0.287. The highest BCUT2D eigenvalue weighted by Gasteiger charge is 1.69. The lowest BCUT2D eigenvalue weighted by Gasteiger charge is -1.79. The van der Waals surface area contributed by atoms with Crippen LogP contribution in [0, 0.1) is 0 Å². The van der Waals surface area contributed by atoms with E-state index >= 15 is 0 Å². The van der Waals surface area contributed by atoms with Crippen LogP contribution in [0.15, 0.2) is 0 Å². The Morgan fingerprint density at radius 2 is 1.30 bits per heavy atom. The van der Waals surface area contributed by atoms with Gasteiger partial charge in [0.05, 0.1) is 0 Å². The maximum Gasteiger partial charge on any atom is 0.0430 e. The van der Waals surface area contributed by atoms with Gasteiger partial charge in [-0.3, -0.25) is 0 Å². The molecule has 0 bridgehead atoms. The van der Waals surface area contributed by atoms with Gasteiger partial charge in [0, 0.05) is 13.2 Å². The average molecular weight is 152 g/mol. The Morgan fingerprint density at radius 1 is 0.900 bits per heavy atom. The van der Waals surface area contributed by atoms with Crippen LogP contribution in [0.4, 0.5) is 0 Å². The molecule has 0 aromatic rings. The normalized spacial score (nSPS) is 7.20. The average Bonchev–Trinajstić information content (AvgIpc) is 1.91. The van der Waals surface area contributed by atoms with E-state index in [4.69, 9.17) is 10.2 Å². The van der Waals surface area contributed by atoms with Crippen LogP contribution in [0.1, 0.15) is 33.1 Å². The van der Waals surface area contributed by atoms with Crippen LogP contribution in [-0.4, -0.2) is 28.9 Å². The Hall–Kier alpha value is -0.120. The summed E-state index contributed by atoms with van der Waals surface area (Å²) in [5.41, 5.74) is 0. The number of rotatable bonds is 3. The van der Waals surface area contributed by atoms with Gasteiger partial charge in [-0.05, 0) is 12.8 Å². The van der Waals surface area contributed by atoms with Crippen LogP contribution >= 0.6 is 0 Å². The third kappa shape index (κ3) is 45.0. The van der Waals surface area contributed by atoms with Crippen molar-refractivity contribution in [1.82, 2.24) is 0 Å². The molecule has 0 aromatic carbocycles. The Bertz CT molecular complexity index is 28.0. The molecule has 0 radical (unpaired) electrons. The zero-order valence-corrected chi connectivity index (χ0v) is 6.93. The van der Waals surface area contributed by atoms with Gasteiger partial charge in [-0.25, -0.2) is 0 Å². The van der Waals surface area contributed by atoms with Crippen LogP contribution in [0.25, 0.3) is 0 Å². The number of aliphatic hydroxyl groups is 2. The molecule has 3 nitrogen and oxygen atoms in total. The summed E-state index contributed by atoms with van der Waals surface area (Å²) in [5, 5.41) is 15.9. The maximum absolute atomic E-state index is 8.07. The Kier molecular flexibility index (Phi) is 38.1. The number of hydrogen-bond acceptors (Lipinski definition) is 2. The monoisotopic (exact) mass is 152 g/mol. The highest BCUT2D eigenvalue weighted by atomic mass is 16.3. The van der Waals surface area contributed by atoms with Gasteiger partial charge < -0.3 is 15.7 Å². The van der Waals surface area contributed by atoms with Gasteiger partial charge in [0.1, 0.15) is 0 Å². The fourth-order valence-electron chi connectivity index (χ4n) is 0.158. The van der Waals surface area contributed by atoms with E-state index < -0.39 is 0 Å². The molecular weight excluding hydrogens is 132 g/mol. The van der Waals surface area contributed by atoms with E-state index in [2.05, 4.69) is 6.92 Å². The summed E-state index contributed by atoms with van der Waals surface area (Å²) in [4.78, 5) is 0. The van der Waals surface area contributed by atoms with E-state index in [1.807, 2.05) is 6.92 Å². The molecule has 3 heteroatoms. The third-order valence-corrected chi connectivity index (χ3v) is 0.735. The van der Waals surface area contributed by atoms with Crippen molar-refractivity contribution in [2.75, 3.05) is 13.2 Å².